The quantitative estimate of drug-likeness (QED) is 0.903. The first-order valence-electron chi connectivity index (χ1n) is 7.22. The summed E-state index contributed by atoms with van der Waals surface area (Å²) in [4.78, 5) is 29.0. The van der Waals surface area contributed by atoms with Crippen molar-refractivity contribution >= 4 is 11.9 Å². The number of aryl methyl sites for hydroxylation is 1. The molecule has 24 heavy (non-hydrogen) atoms. The molecule has 2 heterocycles. The molecule has 1 aliphatic heterocycles. The lowest BCUT2D eigenvalue weighted by molar-refractivity contribution is -0.151. The van der Waals surface area contributed by atoms with Crippen LogP contribution in [0.1, 0.15) is 34.6 Å². The maximum atomic E-state index is 12.7. The summed E-state index contributed by atoms with van der Waals surface area (Å²) in [5.74, 6) is -1.86. The number of carboxylic acids is 1. The van der Waals surface area contributed by atoms with Crippen LogP contribution in [-0.4, -0.2) is 52.7 Å². The Hall–Kier alpha value is -2.16. The van der Waals surface area contributed by atoms with Crippen molar-refractivity contribution in [3.63, 3.8) is 0 Å². The summed E-state index contributed by atoms with van der Waals surface area (Å²) in [5, 5.41) is 9.54. The van der Waals surface area contributed by atoms with Crippen LogP contribution in [0.3, 0.4) is 0 Å². The van der Waals surface area contributed by atoms with Crippen LogP contribution in [0.15, 0.2) is 12.1 Å². The Kier molecular flexibility index (Phi) is 4.84. The molecule has 0 radical (unpaired) electrons. The maximum Gasteiger partial charge on any atom is 0.433 e. The Bertz CT molecular complexity index is 663. The van der Waals surface area contributed by atoms with Crippen LogP contribution in [-0.2, 0) is 15.7 Å². The van der Waals surface area contributed by atoms with Crippen LogP contribution in [0.5, 0.6) is 0 Å². The predicted octanol–water partition coefficient (Wildman–Crippen LogP) is 2.11. The number of hydrogen-bond donors (Lipinski definition) is 1. The number of nitrogens with zero attached hydrogens (tertiary/aromatic N) is 2. The number of ether oxygens (including phenoxy) is 1. The molecule has 0 saturated carbocycles. The Morgan fingerprint density at radius 3 is 2.58 bits per heavy atom. The minimum absolute atomic E-state index is 0.0494. The van der Waals surface area contributed by atoms with E-state index in [1.165, 1.54) is 14.0 Å². The highest BCUT2D eigenvalue weighted by Gasteiger charge is 2.50. The van der Waals surface area contributed by atoms with Crippen molar-refractivity contribution < 1.29 is 32.6 Å². The number of amides is 1. The Morgan fingerprint density at radius 2 is 2.08 bits per heavy atom. The van der Waals surface area contributed by atoms with E-state index in [0.717, 1.165) is 17.0 Å². The molecule has 0 aliphatic carbocycles. The van der Waals surface area contributed by atoms with Gasteiger partial charge in [0.15, 0.2) is 5.54 Å². The first kappa shape index (κ1) is 18.2. The van der Waals surface area contributed by atoms with Crippen LogP contribution in [0.25, 0.3) is 0 Å². The molecule has 0 bridgehead atoms. The second-order valence-corrected chi connectivity index (χ2v) is 5.66. The highest BCUT2D eigenvalue weighted by Crippen LogP contribution is 2.33. The Balaban J connectivity index is 2.39. The average molecular weight is 346 g/mol. The Labute approximate surface area is 136 Å². The van der Waals surface area contributed by atoms with E-state index in [2.05, 4.69) is 4.98 Å². The third kappa shape index (κ3) is 3.08. The number of likely N-dealkylation sites (tertiary alicyclic amines) is 1. The lowest BCUT2D eigenvalue weighted by atomic mass is 9.96. The van der Waals surface area contributed by atoms with Gasteiger partial charge in [0.1, 0.15) is 5.69 Å². The molecular formula is C15H17F3N2O4. The van der Waals surface area contributed by atoms with Crippen molar-refractivity contribution in [2.24, 2.45) is 0 Å². The zero-order valence-corrected chi connectivity index (χ0v) is 13.2. The standard InChI is InChI=1S/C15H17F3N2O4/c1-9-10(4-5-11(19-9)15(16,17)18)12(21)20-7-3-6-14(20,8-24-2)13(22)23/h4-5H,3,6-8H2,1-2H3,(H,22,23). The fourth-order valence-corrected chi connectivity index (χ4v) is 2.94. The largest absolute Gasteiger partial charge is 0.479 e. The van der Waals surface area contributed by atoms with E-state index in [-0.39, 0.29) is 30.8 Å². The third-order valence-corrected chi connectivity index (χ3v) is 4.12. The second-order valence-electron chi connectivity index (χ2n) is 5.66. The molecule has 1 aliphatic rings. The number of hydrogen-bond acceptors (Lipinski definition) is 4. The van der Waals surface area contributed by atoms with Crippen molar-refractivity contribution in [1.82, 2.24) is 9.88 Å². The normalized spacial score (nSPS) is 21.1. The highest BCUT2D eigenvalue weighted by atomic mass is 19.4. The van der Waals surface area contributed by atoms with E-state index in [4.69, 9.17) is 4.74 Å². The van der Waals surface area contributed by atoms with Gasteiger partial charge in [-0.25, -0.2) is 9.78 Å². The van der Waals surface area contributed by atoms with Gasteiger partial charge in [0, 0.05) is 13.7 Å². The molecule has 1 unspecified atom stereocenters. The van der Waals surface area contributed by atoms with Gasteiger partial charge in [-0.2, -0.15) is 13.2 Å². The molecule has 2 rings (SSSR count). The summed E-state index contributed by atoms with van der Waals surface area (Å²) in [6.07, 6.45) is -3.93. The summed E-state index contributed by atoms with van der Waals surface area (Å²) >= 11 is 0. The number of halogens is 3. The topological polar surface area (TPSA) is 79.7 Å². The van der Waals surface area contributed by atoms with Gasteiger partial charge in [0.05, 0.1) is 17.9 Å². The van der Waals surface area contributed by atoms with E-state index < -0.39 is 29.3 Å². The van der Waals surface area contributed by atoms with E-state index in [9.17, 15) is 27.9 Å². The minimum atomic E-state index is -4.61. The van der Waals surface area contributed by atoms with Crippen molar-refractivity contribution in [2.45, 2.75) is 31.5 Å². The van der Waals surface area contributed by atoms with Crippen molar-refractivity contribution in [3.05, 3.63) is 29.1 Å². The SMILES string of the molecule is COCC1(C(=O)O)CCCN1C(=O)c1ccc(C(F)(F)F)nc1C. The fraction of sp³-hybridized carbons (Fsp3) is 0.533. The monoisotopic (exact) mass is 346 g/mol. The minimum Gasteiger partial charge on any atom is -0.479 e. The summed E-state index contributed by atoms with van der Waals surface area (Å²) in [5.41, 5.74) is -2.76. The van der Waals surface area contributed by atoms with Crippen molar-refractivity contribution in [1.29, 1.82) is 0 Å². The average Bonchev–Trinajstić information content (AvgIpc) is 2.91. The molecule has 1 aromatic rings. The first-order chi connectivity index (χ1) is 11.1. The molecule has 1 amide bonds. The van der Waals surface area contributed by atoms with Gasteiger partial charge in [0.25, 0.3) is 5.91 Å². The van der Waals surface area contributed by atoms with Crippen LogP contribution in [0, 0.1) is 6.92 Å². The number of carbonyl (C=O) groups excluding carboxylic acids is 1. The summed E-state index contributed by atoms with van der Waals surface area (Å²) < 4.78 is 43.0. The van der Waals surface area contributed by atoms with E-state index in [0.29, 0.717) is 6.42 Å². The predicted molar refractivity (Wildman–Crippen MR) is 76.5 cm³/mol. The van der Waals surface area contributed by atoms with Gasteiger partial charge in [-0.05, 0) is 31.9 Å². The van der Waals surface area contributed by atoms with Crippen LogP contribution in [0.2, 0.25) is 0 Å². The fourth-order valence-electron chi connectivity index (χ4n) is 2.94. The molecule has 132 valence electrons. The van der Waals surface area contributed by atoms with Crippen molar-refractivity contribution in [2.75, 3.05) is 20.3 Å². The highest BCUT2D eigenvalue weighted by molar-refractivity contribution is 5.99. The number of alkyl halides is 3. The molecule has 1 saturated heterocycles. The number of rotatable bonds is 4. The van der Waals surface area contributed by atoms with Crippen molar-refractivity contribution in [3.8, 4) is 0 Å². The number of pyridine rings is 1. The number of aliphatic carboxylic acids is 1. The molecule has 1 fully saturated rings. The summed E-state index contributed by atoms with van der Waals surface area (Å²) in [6.45, 7) is 1.29. The molecule has 6 nitrogen and oxygen atoms in total. The number of aromatic nitrogens is 1. The molecule has 0 spiro atoms. The molecule has 1 aromatic heterocycles. The lowest BCUT2D eigenvalue weighted by Gasteiger charge is -2.34. The van der Waals surface area contributed by atoms with Gasteiger partial charge in [-0.15, -0.1) is 0 Å². The van der Waals surface area contributed by atoms with Gasteiger partial charge in [-0.1, -0.05) is 0 Å². The van der Waals surface area contributed by atoms with Crippen LogP contribution < -0.4 is 0 Å². The Morgan fingerprint density at radius 1 is 1.42 bits per heavy atom. The van der Waals surface area contributed by atoms with Crippen LogP contribution >= 0.6 is 0 Å². The van der Waals surface area contributed by atoms with Gasteiger partial charge in [-0.3, -0.25) is 4.79 Å². The first-order valence-corrected chi connectivity index (χ1v) is 7.22. The zero-order chi connectivity index (χ0) is 18.1. The van der Waals surface area contributed by atoms with Crippen LogP contribution in [0.4, 0.5) is 13.2 Å². The van der Waals surface area contributed by atoms with Gasteiger partial charge < -0.3 is 14.7 Å². The molecule has 1 N–H and O–H groups in total. The van der Waals surface area contributed by atoms with E-state index >= 15 is 0 Å². The second kappa shape index (κ2) is 6.39. The zero-order valence-electron chi connectivity index (χ0n) is 13.2. The number of carbonyl (C=O) groups is 2. The number of carboxylic acid groups (broad SMARTS) is 1. The molecule has 1 atom stereocenters. The third-order valence-electron chi connectivity index (χ3n) is 4.12. The van der Waals surface area contributed by atoms with Gasteiger partial charge >= 0.3 is 12.1 Å². The molecule has 9 heteroatoms. The number of methoxy groups -OCH3 is 1. The smallest absolute Gasteiger partial charge is 0.433 e. The molecule has 0 aromatic carbocycles. The maximum absolute atomic E-state index is 12.7. The summed E-state index contributed by atoms with van der Waals surface area (Å²) in [6, 6.07) is 1.75. The molecular weight excluding hydrogens is 329 g/mol. The lowest BCUT2D eigenvalue weighted by Crippen LogP contribution is -2.56. The van der Waals surface area contributed by atoms with Gasteiger partial charge in [0.2, 0.25) is 0 Å². The summed E-state index contributed by atoms with van der Waals surface area (Å²) in [7, 11) is 1.33. The van der Waals surface area contributed by atoms with E-state index in [1.54, 1.807) is 0 Å². The van der Waals surface area contributed by atoms with E-state index in [1.807, 2.05) is 0 Å².